The van der Waals surface area contributed by atoms with Crippen molar-refractivity contribution in [1.82, 2.24) is 9.55 Å². The van der Waals surface area contributed by atoms with Gasteiger partial charge in [0.1, 0.15) is 24.7 Å². The molecule has 3 heterocycles. The average Bonchev–Trinajstić information content (AvgIpc) is 3.27. The van der Waals surface area contributed by atoms with Gasteiger partial charge in [-0.3, -0.25) is 4.57 Å². The monoisotopic (exact) mass is 375 g/mol. The van der Waals surface area contributed by atoms with Crippen molar-refractivity contribution in [2.24, 2.45) is 0 Å². The molecule has 0 radical (unpaired) electrons. The van der Waals surface area contributed by atoms with Gasteiger partial charge >= 0.3 is 11.8 Å². The van der Waals surface area contributed by atoms with Crippen molar-refractivity contribution in [3.05, 3.63) is 63.4 Å². The van der Waals surface area contributed by atoms with Gasteiger partial charge in [0.2, 0.25) is 0 Å². The molecule has 0 bridgehead atoms. The number of rotatable bonds is 5. The summed E-state index contributed by atoms with van der Waals surface area (Å²) in [5.41, 5.74) is 0.957. The van der Waals surface area contributed by atoms with Crippen LogP contribution in [0.15, 0.2) is 42.6 Å². The van der Waals surface area contributed by atoms with Gasteiger partial charge in [-0.1, -0.05) is 12.1 Å². The fraction of sp³-hybridized carbons (Fsp3) is 0.235. The van der Waals surface area contributed by atoms with Gasteiger partial charge in [0, 0.05) is 14.7 Å². The Morgan fingerprint density at radius 3 is 2.92 bits per heavy atom. The minimum Gasteiger partial charge on any atom is -0.443 e. The molecule has 0 fully saturated rings. The molecular formula is C17H14FN3O4S. The maximum atomic E-state index is 13.0. The molecule has 0 spiro atoms. The van der Waals surface area contributed by atoms with Gasteiger partial charge in [-0.15, -0.1) is 11.3 Å². The molecule has 3 aromatic rings. The van der Waals surface area contributed by atoms with Crippen molar-refractivity contribution >= 4 is 17.2 Å². The topological polar surface area (TPSA) is 79.4 Å². The number of hydrogen-bond donors (Lipinski definition) is 0. The second kappa shape index (κ2) is 6.85. The Hall–Kier alpha value is -2.78. The van der Waals surface area contributed by atoms with Gasteiger partial charge in [-0.05, 0) is 34.8 Å². The third-order valence-corrected chi connectivity index (χ3v) is 5.07. The molecule has 0 saturated carbocycles. The zero-order valence-corrected chi connectivity index (χ0v) is 14.3. The van der Waals surface area contributed by atoms with Gasteiger partial charge in [-0.2, -0.15) is 0 Å². The lowest BCUT2D eigenvalue weighted by Crippen LogP contribution is -2.32. The first-order valence-electron chi connectivity index (χ1n) is 7.89. The van der Waals surface area contributed by atoms with Crippen LogP contribution in [0.2, 0.25) is 0 Å². The van der Waals surface area contributed by atoms with Crippen LogP contribution in [0, 0.1) is 15.9 Å². The molecule has 0 saturated heterocycles. The summed E-state index contributed by atoms with van der Waals surface area (Å²) in [7, 11) is 0. The third kappa shape index (κ3) is 3.44. The molecule has 1 aliphatic rings. The highest BCUT2D eigenvalue weighted by Gasteiger charge is 2.28. The Labute approximate surface area is 151 Å². The summed E-state index contributed by atoms with van der Waals surface area (Å²) < 4.78 is 25.9. The fourth-order valence-corrected chi connectivity index (χ4v) is 3.62. The molecule has 1 aromatic carbocycles. The highest BCUT2D eigenvalue weighted by molar-refractivity contribution is 7.15. The average molecular weight is 375 g/mol. The zero-order valence-electron chi connectivity index (χ0n) is 13.5. The lowest BCUT2D eigenvalue weighted by Gasteiger charge is -2.22. The summed E-state index contributed by atoms with van der Waals surface area (Å²) >= 11 is 1.58. The number of nitro groups is 1. The highest BCUT2D eigenvalue weighted by atomic mass is 32.1. The second-order valence-electron chi connectivity index (χ2n) is 5.81. The number of nitrogens with zero attached hydrogens (tertiary/aromatic N) is 3. The predicted molar refractivity (Wildman–Crippen MR) is 92.7 cm³/mol. The number of fused-ring (bicyclic) bond motifs is 1. The first-order valence-corrected chi connectivity index (χ1v) is 8.71. The molecule has 26 heavy (non-hydrogen) atoms. The van der Waals surface area contributed by atoms with E-state index >= 15 is 0 Å². The zero-order chi connectivity index (χ0) is 18.1. The molecule has 7 nitrogen and oxygen atoms in total. The Balaban J connectivity index is 1.37. The van der Waals surface area contributed by atoms with Crippen molar-refractivity contribution in [2.45, 2.75) is 19.3 Å². The molecule has 9 heteroatoms. The van der Waals surface area contributed by atoms with Crippen LogP contribution in [0.3, 0.4) is 0 Å². The number of thiophene rings is 1. The highest BCUT2D eigenvalue weighted by Crippen LogP contribution is 2.29. The van der Waals surface area contributed by atoms with E-state index in [-0.39, 0.29) is 23.7 Å². The molecule has 134 valence electrons. The largest absolute Gasteiger partial charge is 0.443 e. The minimum absolute atomic E-state index is 0.215. The summed E-state index contributed by atoms with van der Waals surface area (Å²) in [6.45, 7) is 1.16. The molecule has 4 rings (SSSR count). The molecule has 0 N–H and O–H groups in total. The number of imidazole rings is 1. The Morgan fingerprint density at radius 1 is 1.35 bits per heavy atom. The first kappa shape index (κ1) is 16.7. The van der Waals surface area contributed by atoms with E-state index in [1.54, 1.807) is 28.0 Å². The van der Waals surface area contributed by atoms with E-state index in [1.165, 1.54) is 18.3 Å². The Kier molecular flexibility index (Phi) is 4.39. The summed E-state index contributed by atoms with van der Waals surface area (Å²) in [4.78, 5) is 16.1. The Morgan fingerprint density at radius 2 is 2.15 bits per heavy atom. The number of hydrogen-bond acceptors (Lipinski definition) is 6. The second-order valence-corrected chi connectivity index (χ2v) is 6.98. The van der Waals surface area contributed by atoms with Crippen LogP contribution in [-0.2, 0) is 17.9 Å². The Bertz CT molecular complexity index is 938. The molecule has 0 unspecified atom stereocenters. The van der Waals surface area contributed by atoms with Crippen LogP contribution in [0.5, 0.6) is 6.01 Å². The summed E-state index contributed by atoms with van der Waals surface area (Å²) in [5.74, 6) is -0.492. The van der Waals surface area contributed by atoms with Crippen molar-refractivity contribution in [1.29, 1.82) is 0 Å². The van der Waals surface area contributed by atoms with Crippen molar-refractivity contribution in [3.63, 3.8) is 0 Å². The predicted octanol–water partition coefficient (Wildman–Crippen LogP) is 3.64. The number of halogens is 1. The molecule has 1 aliphatic heterocycles. The summed E-state index contributed by atoms with van der Waals surface area (Å²) in [5, 5.41) is 10.8. The van der Waals surface area contributed by atoms with Gasteiger partial charge < -0.3 is 19.6 Å². The first-order chi connectivity index (χ1) is 12.6. The van der Waals surface area contributed by atoms with Gasteiger partial charge in [0.05, 0.1) is 13.2 Å². The van der Waals surface area contributed by atoms with Gasteiger partial charge in [-0.25, -0.2) is 4.39 Å². The SMILES string of the molecule is O=[N+]([O-])c1cn2c(n1)OC[C@@H](OCc1ccc(-c3ccc(F)cc3)s1)C2. The minimum atomic E-state index is -0.548. The summed E-state index contributed by atoms with van der Waals surface area (Å²) in [6, 6.07) is 10.6. The van der Waals surface area contributed by atoms with Crippen molar-refractivity contribution in [2.75, 3.05) is 6.61 Å². The van der Waals surface area contributed by atoms with E-state index in [0.29, 0.717) is 19.8 Å². The van der Waals surface area contributed by atoms with Gasteiger partial charge in [0.15, 0.2) is 0 Å². The summed E-state index contributed by atoms with van der Waals surface area (Å²) in [6.07, 6.45) is 1.13. The quantitative estimate of drug-likeness (QED) is 0.502. The molecule has 0 aliphatic carbocycles. The maximum absolute atomic E-state index is 13.0. The number of aromatic nitrogens is 2. The lowest BCUT2D eigenvalue weighted by atomic mass is 10.2. The molecule has 2 aromatic heterocycles. The van der Waals surface area contributed by atoms with E-state index in [1.807, 2.05) is 12.1 Å². The number of benzene rings is 1. The van der Waals surface area contributed by atoms with Crippen LogP contribution in [0.25, 0.3) is 10.4 Å². The van der Waals surface area contributed by atoms with E-state index in [0.717, 1.165) is 15.3 Å². The fourth-order valence-electron chi connectivity index (χ4n) is 2.68. The van der Waals surface area contributed by atoms with Crippen LogP contribution in [-0.4, -0.2) is 27.2 Å². The van der Waals surface area contributed by atoms with E-state index in [4.69, 9.17) is 9.47 Å². The maximum Gasteiger partial charge on any atom is 0.414 e. The van der Waals surface area contributed by atoms with E-state index < -0.39 is 4.92 Å². The molecule has 1 atom stereocenters. The normalized spacial score (nSPS) is 16.1. The smallest absolute Gasteiger partial charge is 0.414 e. The molecular weight excluding hydrogens is 361 g/mol. The van der Waals surface area contributed by atoms with E-state index in [9.17, 15) is 14.5 Å². The van der Waals surface area contributed by atoms with Crippen LogP contribution >= 0.6 is 11.3 Å². The number of ether oxygens (including phenoxy) is 2. The lowest BCUT2D eigenvalue weighted by molar-refractivity contribution is -0.389. The van der Waals surface area contributed by atoms with Crippen LogP contribution in [0.1, 0.15) is 4.88 Å². The molecule has 0 amide bonds. The van der Waals surface area contributed by atoms with Crippen LogP contribution < -0.4 is 4.74 Å². The van der Waals surface area contributed by atoms with Crippen molar-refractivity contribution < 1.29 is 18.8 Å². The van der Waals surface area contributed by atoms with Gasteiger partial charge in [0.25, 0.3) is 0 Å². The van der Waals surface area contributed by atoms with Crippen LogP contribution in [0.4, 0.5) is 10.2 Å². The third-order valence-electron chi connectivity index (χ3n) is 3.96. The van der Waals surface area contributed by atoms with Crippen molar-refractivity contribution in [3.8, 4) is 16.5 Å². The van der Waals surface area contributed by atoms with E-state index in [2.05, 4.69) is 4.98 Å². The standard InChI is InChI=1S/C17H14FN3O4S/c18-12-3-1-11(2-4-12)15-6-5-14(26-15)10-24-13-7-20-8-16(21(22)23)19-17(20)25-9-13/h1-6,8,13H,7,9-10H2/t13-/m0/s1.